The molecule has 0 unspecified atom stereocenters. The summed E-state index contributed by atoms with van der Waals surface area (Å²) in [5.41, 5.74) is 8.05. The molecule has 176 valence electrons. The van der Waals surface area contributed by atoms with Crippen LogP contribution in [0.4, 0.5) is 0 Å². The highest BCUT2D eigenvalue weighted by Gasteiger charge is 2.29. The number of benzene rings is 1. The Morgan fingerprint density at radius 2 is 1.74 bits per heavy atom. The summed E-state index contributed by atoms with van der Waals surface area (Å²) < 4.78 is 6.50. The van der Waals surface area contributed by atoms with Crippen molar-refractivity contribution in [3.8, 4) is 11.3 Å². The van der Waals surface area contributed by atoms with Crippen molar-refractivity contribution < 1.29 is 4.42 Å². The first-order valence-electron chi connectivity index (χ1n) is 12.7. The lowest BCUT2D eigenvalue weighted by atomic mass is 9.76. The van der Waals surface area contributed by atoms with Crippen LogP contribution >= 0.6 is 0 Å². The molecular weight excluding hydrogens is 430 g/mol. The van der Waals surface area contributed by atoms with Crippen molar-refractivity contribution in [3.63, 3.8) is 0 Å². The van der Waals surface area contributed by atoms with Crippen LogP contribution < -0.4 is 0 Å². The minimum absolute atomic E-state index is 0.237. The molecule has 0 spiro atoms. The summed E-state index contributed by atoms with van der Waals surface area (Å²) in [4.78, 5) is 13.7. The Morgan fingerprint density at radius 3 is 2.54 bits per heavy atom. The quantitative estimate of drug-likeness (QED) is 0.268. The third-order valence-corrected chi connectivity index (χ3v) is 7.80. The van der Waals surface area contributed by atoms with E-state index in [1.165, 1.54) is 42.4 Å². The molecule has 0 amide bonds. The van der Waals surface area contributed by atoms with Crippen LogP contribution in [-0.2, 0) is 11.8 Å². The molecule has 5 aromatic rings. The molecule has 1 aliphatic rings. The number of fused-ring (bicyclic) bond motifs is 3. The van der Waals surface area contributed by atoms with E-state index in [1.54, 1.807) is 0 Å². The summed E-state index contributed by atoms with van der Waals surface area (Å²) in [6, 6.07) is 17.2. The monoisotopic (exact) mass is 461 g/mol. The van der Waals surface area contributed by atoms with Gasteiger partial charge in [-0.25, -0.2) is 4.98 Å². The molecule has 1 aromatic carbocycles. The van der Waals surface area contributed by atoms with Gasteiger partial charge in [-0.05, 0) is 78.4 Å². The Kier molecular flexibility index (Phi) is 5.40. The molecule has 4 heterocycles. The fourth-order valence-electron chi connectivity index (χ4n) is 5.80. The van der Waals surface area contributed by atoms with Gasteiger partial charge in [-0.2, -0.15) is 0 Å². The minimum Gasteiger partial charge on any atom is -0.437 e. The number of rotatable bonds is 5. The van der Waals surface area contributed by atoms with Gasteiger partial charge in [-0.1, -0.05) is 45.6 Å². The van der Waals surface area contributed by atoms with Gasteiger partial charge >= 0.3 is 0 Å². The van der Waals surface area contributed by atoms with Crippen molar-refractivity contribution in [2.75, 3.05) is 0 Å². The number of nitrogens with zero attached hydrogens (tertiary/aromatic N) is 3. The summed E-state index contributed by atoms with van der Waals surface area (Å²) in [7, 11) is 0. The number of aromatic nitrogens is 3. The molecule has 0 N–H and O–H groups in total. The summed E-state index contributed by atoms with van der Waals surface area (Å²) in [6.07, 6.45) is 12.2. The summed E-state index contributed by atoms with van der Waals surface area (Å²) in [6.45, 7) is 6.53. The smallest absolute Gasteiger partial charge is 0.227 e. The maximum atomic E-state index is 6.50. The highest BCUT2D eigenvalue weighted by molar-refractivity contribution is 6.10. The molecule has 0 radical (unpaired) electrons. The average molecular weight is 462 g/mol. The molecular formula is C31H31N3O. The van der Waals surface area contributed by atoms with Gasteiger partial charge in [0.25, 0.3) is 0 Å². The molecule has 0 aliphatic heterocycles. The molecule has 0 saturated heterocycles. The standard InChI is InChI=1S/C31H31N3O/c1-20-8-9-25-28-26(31(2,3)23-13-15-32-16-14-23)11-10-24(29(28)35-30(25)34-20)27-19-22(12-17-33-27)18-21-6-4-5-7-21/h8-17,19,21H,4-7,18H2,1-3H3. The van der Waals surface area contributed by atoms with Gasteiger partial charge in [0.1, 0.15) is 5.58 Å². The number of hydrogen-bond donors (Lipinski definition) is 0. The van der Waals surface area contributed by atoms with Crippen molar-refractivity contribution >= 4 is 22.1 Å². The van der Waals surface area contributed by atoms with E-state index in [4.69, 9.17) is 14.4 Å². The molecule has 1 aliphatic carbocycles. The molecule has 4 heteroatoms. The van der Waals surface area contributed by atoms with Crippen molar-refractivity contribution in [2.45, 2.75) is 58.3 Å². The van der Waals surface area contributed by atoms with Crippen molar-refractivity contribution in [1.29, 1.82) is 0 Å². The van der Waals surface area contributed by atoms with Crippen molar-refractivity contribution in [2.24, 2.45) is 5.92 Å². The third kappa shape index (κ3) is 3.91. The van der Waals surface area contributed by atoms with Gasteiger partial charge in [0.05, 0.1) is 5.69 Å². The summed E-state index contributed by atoms with van der Waals surface area (Å²) >= 11 is 0. The fourth-order valence-corrected chi connectivity index (χ4v) is 5.80. The van der Waals surface area contributed by atoms with Gasteiger partial charge in [-0.15, -0.1) is 0 Å². The van der Waals surface area contributed by atoms with Gasteiger partial charge < -0.3 is 4.42 Å². The molecule has 0 bridgehead atoms. The zero-order chi connectivity index (χ0) is 24.0. The highest BCUT2D eigenvalue weighted by atomic mass is 16.3. The van der Waals surface area contributed by atoms with Crippen LogP contribution in [-0.4, -0.2) is 15.0 Å². The Morgan fingerprint density at radius 1 is 0.943 bits per heavy atom. The van der Waals surface area contributed by atoms with E-state index in [1.807, 2.05) is 25.5 Å². The summed E-state index contributed by atoms with van der Waals surface area (Å²) in [5, 5.41) is 2.17. The molecule has 6 rings (SSSR count). The van der Waals surface area contributed by atoms with E-state index in [9.17, 15) is 0 Å². The largest absolute Gasteiger partial charge is 0.437 e. The molecule has 35 heavy (non-hydrogen) atoms. The normalized spacial score (nSPS) is 14.8. The van der Waals surface area contributed by atoms with Gasteiger partial charge in [0, 0.05) is 46.0 Å². The Balaban J connectivity index is 1.55. The number of aryl methyl sites for hydroxylation is 1. The molecule has 4 aromatic heterocycles. The fraction of sp³-hybridized carbons (Fsp3) is 0.323. The maximum Gasteiger partial charge on any atom is 0.227 e. The lowest BCUT2D eigenvalue weighted by molar-refractivity contribution is 0.546. The van der Waals surface area contributed by atoms with E-state index < -0.39 is 0 Å². The second kappa shape index (κ2) is 8.60. The van der Waals surface area contributed by atoms with Crippen molar-refractivity contribution in [3.05, 3.63) is 89.5 Å². The predicted molar refractivity (Wildman–Crippen MR) is 142 cm³/mol. The first-order chi connectivity index (χ1) is 17.0. The van der Waals surface area contributed by atoms with Gasteiger partial charge in [0.2, 0.25) is 5.71 Å². The van der Waals surface area contributed by atoms with Crippen LogP contribution in [0.3, 0.4) is 0 Å². The molecule has 1 saturated carbocycles. The number of pyridine rings is 3. The first kappa shape index (κ1) is 22.0. The van der Waals surface area contributed by atoms with E-state index in [0.29, 0.717) is 5.71 Å². The van der Waals surface area contributed by atoms with Crippen LogP contribution in [0.1, 0.15) is 61.9 Å². The average Bonchev–Trinajstić information content (AvgIpc) is 3.51. The highest BCUT2D eigenvalue weighted by Crippen LogP contribution is 2.43. The minimum atomic E-state index is -0.237. The van der Waals surface area contributed by atoms with E-state index in [0.717, 1.165) is 45.6 Å². The zero-order valence-corrected chi connectivity index (χ0v) is 20.7. The number of furan rings is 1. The van der Waals surface area contributed by atoms with Crippen molar-refractivity contribution in [1.82, 2.24) is 15.0 Å². The van der Waals surface area contributed by atoms with Crippen LogP contribution in [0.25, 0.3) is 33.3 Å². The van der Waals surface area contributed by atoms with Crippen LogP contribution in [0, 0.1) is 12.8 Å². The Bertz CT molecular complexity index is 1510. The molecule has 4 nitrogen and oxygen atoms in total. The van der Waals surface area contributed by atoms with E-state index >= 15 is 0 Å². The SMILES string of the molecule is Cc1ccc2c(n1)oc1c(-c3cc(CC4CCCC4)ccn3)ccc(C(C)(C)c3ccncc3)c12. The summed E-state index contributed by atoms with van der Waals surface area (Å²) in [5.74, 6) is 0.798. The van der Waals surface area contributed by atoms with E-state index in [2.05, 4.69) is 67.4 Å². The predicted octanol–water partition coefficient (Wildman–Crippen LogP) is 7.81. The zero-order valence-electron chi connectivity index (χ0n) is 20.7. The van der Waals surface area contributed by atoms with Crippen LogP contribution in [0.5, 0.6) is 0 Å². The topological polar surface area (TPSA) is 51.8 Å². The van der Waals surface area contributed by atoms with E-state index in [-0.39, 0.29) is 5.41 Å². The second-order valence-corrected chi connectivity index (χ2v) is 10.5. The maximum absolute atomic E-state index is 6.50. The second-order valence-electron chi connectivity index (χ2n) is 10.5. The van der Waals surface area contributed by atoms with Gasteiger partial charge in [-0.3, -0.25) is 9.97 Å². The van der Waals surface area contributed by atoms with Gasteiger partial charge in [0.15, 0.2) is 0 Å². The third-order valence-electron chi connectivity index (χ3n) is 7.80. The van der Waals surface area contributed by atoms with Crippen LogP contribution in [0.15, 0.2) is 71.5 Å². The first-order valence-corrected chi connectivity index (χ1v) is 12.7. The van der Waals surface area contributed by atoms with Crippen LogP contribution in [0.2, 0.25) is 0 Å². The number of hydrogen-bond acceptors (Lipinski definition) is 4. The molecule has 0 atom stereocenters. The lowest BCUT2D eigenvalue weighted by Gasteiger charge is -2.27. The Hall–Kier alpha value is -3.53. The Labute approximate surface area is 206 Å². The lowest BCUT2D eigenvalue weighted by Crippen LogP contribution is -2.19. The molecule has 1 fully saturated rings.